The maximum Gasteiger partial charge on any atom is 0.0992 e. The Labute approximate surface area is 93.7 Å². The first kappa shape index (κ1) is 9.28. The van der Waals surface area contributed by atoms with Gasteiger partial charge in [-0.2, -0.15) is 0 Å². The summed E-state index contributed by atoms with van der Waals surface area (Å²) in [6, 6.07) is 4.29. The van der Waals surface area contributed by atoms with E-state index < -0.39 is 0 Å². The molecule has 0 saturated heterocycles. The molecular weight excluding hydrogens is 204 g/mol. The molecule has 15 heavy (non-hydrogen) atoms. The third-order valence-corrected chi connectivity index (χ3v) is 4.41. The molecule has 0 bridgehead atoms. The molecule has 1 saturated carbocycles. The monoisotopic (exact) mass is 218 g/mol. The number of thioether (sulfide) groups is 1. The third-order valence-electron chi connectivity index (χ3n) is 3.11. The molecule has 1 aliphatic rings. The number of fused-ring (bicyclic) bond motifs is 1. The highest BCUT2D eigenvalue weighted by atomic mass is 32.2. The Kier molecular flexibility index (Phi) is 2.41. The van der Waals surface area contributed by atoms with Gasteiger partial charge in [-0.05, 0) is 30.9 Å². The fourth-order valence-electron chi connectivity index (χ4n) is 1.91. The van der Waals surface area contributed by atoms with E-state index in [0.717, 1.165) is 5.92 Å². The average Bonchev–Trinajstić information content (AvgIpc) is 2.63. The van der Waals surface area contributed by atoms with Crippen molar-refractivity contribution < 1.29 is 0 Å². The van der Waals surface area contributed by atoms with Crippen molar-refractivity contribution in [3.63, 3.8) is 0 Å². The van der Waals surface area contributed by atoms with Gasteiger partial charge >= 0.3 is 0 Å². The number of imidazole rings is 1. The molecule has 0 N–H and O–H groups in total. The van der Waals surface area contributed by atoms with Gasteiger partial charge in [-0.15, -0.1) is 11.8 Å². The molecule has 1 aliphatic carbocycles. The van der Waals surface area contributed by atoms with Gasteiger partial charge in [-0.3, -0.25) is 0 Å². The highest BCUT2D eigenvalue weighted by Crippen LogP contribution is 2.33. The topological polar surface area (TPSA) is 17.3 Å². The molecular formula is C12H14N2S. The van der Waals surface area contributed by atoms with Gasteiger partial charge in [0.25, 0.3) is 0 Å². The fourth-order valence-corrected chi connectivity index (χ4v) is 3.14. The SMILES string of the molecule is c1cc(SCC2CCC2)c2cncn2c1. The highest BCUT2D eigenvalue weighted by molar-refractivity contribution is 7.99. The first-order valence-electron chi connectivity index (χ1n) is 5.47. The molecule has 3 rings (SSSR count). The Morgan fingerprint density at radius 2 is 2.40 bits per heavy atom. The van der Waals surface area contributed by atoms with Crippen LogP contribution in [0, 0.1) is 5.92 Å². The number of hydrogen-bond donors (Lipinski definition) is 0. The van der Waals surface area contributed by atoms with Gasteiger partial charge in [0.15, 0.2) is 0 Å². The summed E-state index contributed by atoms with van der Waals surface area (Å²) in [5.41, 5.74) is 1.24. The zero-order valence-corrected chi connectivity index (χ0v) is 9.41. The molecule has 3 heteroatoms. The molecule has 2 aromatic heterocycles. The molecule has 0 aromatic carbocycles. The zero-order chi connectivity index (χ0) is 10.1. The van der Waals surface area contributed by atoms with Gasteiger partial charge in [0.2, 0.25) is 0 Å². The Morgan fingerprint density at radius 1 is 1.47 bits per heavy atom. The van der Waals surface area contributed by atoms with Crippen molar-refractivity contribution in [2.24, 2.45) is 5.92 Å². The van der Waals surface area contributed by atoms with E-state index in [9.17, 15) is 0 Å². The van der Waals surface area contributed by atoms with Gasteiger partial charge in [0.05, 0.1) is 18.0 Å². The molecule has 0 radical (unpaired) electrons. The van der Waals surface area contributed by atoms with Crippen LogP contribution < -0.4 is 0 Å². The van der Waals surface area contributed by atoms with E-state index in [4.69, 9.17) is 0 Å². The highest BCUT2D eigenvalue weighted by Gasteiger charge is 2.17. The van der Waals surface area contributed by atoms with Crippen LogP contribution in [0.5, 0.6) is 0 Å². The van der Waals surface area contributed by atoms with E-state index in [1.807, 2.05) is 24.3 Å². The molecule has 2 heterocycles. The maximum absolute atomic E-state index is 4.17. The lowest BCUT2D eigenvalue weighted by molar-refractivity contribution is 0.353. The van der Waals surface area contributed by atoms with Crippen LogP contribution in [0.2, 0.25) is 0 Å². The number of rotatable bonds is 3. The average molecular weight is 218 g/mol. The van der Waals surface area contributed by atoms with Crippen LogP contribution in [0.4, 0.5) is 0 Å². The molecule has 2 nitrogen and oxygen atoms in total. The lowest BCUT2D eigenvalue weighted by atomic mass is 9.87. The van der Waals surface area contributed by atoms with Crippen LogP contribution in [-0.2, 0) is 0 Å². The van der Waals surface area contributed by atoms with E-state index in [0.29, 0.717) is 0 Å². The van der Waals surface area contributed by atoms with Crippen molar-refractivity contribution in [3.05, 3.63) is 30.9 Å². The Morgan fingerprint density at radius 3 is 3.20 bits per heavy atom. The predicted molar refractivity (Wildman–Crippen MR) is 63.3 cm³/mol. The smallest absolute Gasteiger partial charge is 0.0992 e. The van der Waals surface area contributed by atoms with Crippen LogP contribution in [0.3, 0.4) is 0 Å². The Balaban J connectivity index is 1.80. The number of nitrogens with zero attached hydrogens (tertiary/aromatic N) is 2. The third kappa shape index (κ3) is 1.76. The van der Waals surface area contributed by atoms with Gasteiger partial charge in [0.1, 0.15) is 0 Å². The minimum absolute atomic E-state index is 0.957. The second-order valence-electron chi connectivity index (χ2n) is 4.17. The van der Waals surface area contributed by atoms with Crippen LogP contribution in [0.15, 0.2) is 35.7 Å². The molecule has 0 unspecified atom stereocenters. The van der Waals surface area contributed by atoms with Crippen molar-refractivity contribution in [1.82, 2.24) is 9.38 Å². The van der Waals surface area contributed by atoms with Gasteiger partial charge < -0.3 is 4.40 Å². The fraction of sp³-hybridized carbons (Fsp3) is 0.417. The van der Waals surface area contributed by atoms with Crippen molar-refractivity contribution in [1.29, 1.82) is 0 Å². The minimum atomic E-state index is 0.957. The van der Waals surface area contributed by atoms with Gasteiger partial charge in [0, 0.05) is 16.8 Å². The lowest BCUT2D eigenvalue weighted by Gasteiger charge is -2.24. The first-order chi connectivity index (χ1) is 7.43. The molecule has 0 atom stereocenters. The van der Waals surface area contributed by atoms with Crippen LogP contribution in [-0.4, -0.2) is 15.1 Å². The van der Waals surface area contributed by atoms with E-state index in [1.165, 1.54) is 35.4 Å². The lowest BCUT2D eigenvalue weighted by Crippen LogP contribution is -2.13. The second-order valence-corrected chi connectivity index (χ2v) is 5.23. The van der Waals surface area contributed by atoms with E-state index >= 15 is 0 Å². The summed E-state index contributed by atoms with van der Waals surface area (Å²) in [4.78, 5) is 5.54. The van der Waals surface area contributed by atoms with Gasteiger partial charge in [-0.25, -0.2) is 4.98 Å². The molecule has 0 aliphatic heterocycles. The number of aromatic nitrogens is 2. The maximum atomic E-state index is 4.17. The van der Waals surface area contributed by atoms with Crippen LogP contribution in [0.25, 0.3) is 5.52 Å². The second kappa shape index (κ2) is 3.89. The summed E-state index contributed by atoms with van der Waals surface area (Å²) in [6.07, 6.45) is 10.1. The quantitative estimate of drug-likeness (QED) is 0.736. The minimum Gasteiger partial charge on any atom is -0.305 e. The molecule has 0 amide bonds. The Hall–Kier alpha value is -0.960. The summed E-state index contributed by atoms with van der Waals surface area (Å²) in [5.74, 6) is 2.23. The predicted octanol–water partition coefficient (Wildman–Crippen LogP) is 3.23. The van der Waals surface area contributed by atoms with Gasteiger partial charge in [-0.1, -0.05) is 6.42 Å². The molecule has 78 valence electrons. The standard InChI is InChI=1S/C12H14N2S/c1-3-10(4-1)8-15-12-5-2-6-14-9-13-7-11(12)14/h2,5-7,9-10H,1,3-4,8H2. The number of hydrogen-bond acceptors (Lipinski definition) is 2. The van der Waals surface area contributed by atoms with Crippen molar-refractivity contribution in [2.75, 3.05) is 5.75 Å². The normalized spacial score (nSPS) is 16.8. The Bertz CT molecular complexity index is 459. The van der Waals surface area contributed by atoms with Crippen LogP contribution >= 0.6 is 11.8 Å². The number of pyridine rings is 1. The summed E-state index contributed by atoms with van der Waals surface area (Å²) in [5, 5.41) is 0. The molecule has 0 spiro atoms. The molecule has 2 aromatic rings. The first-order valence-corrected chi connectivity index (χ1v) is 6.45. The largest absolute Gasteiger partial charge is 0.305 e. The summed E-state index contributed by atoms with van der Waals surface area (Å²) >= 11 is 1.98. The summed E-state index contributed by atoms with van der Waals surface area (Å²) < 4.78 is 2.09. The van der Waals surface area contributed by atoms with Crippen LogP contribution in [0.1, 0.15) is 19.3 Å². The zero-order valence-electron chi connectivity index (χ0n) is 8.60. The van der Waals surface area contributed by atoms with Crippen molar-refractivity contribution in [2.45, 2.75) is 24.2 Å². The summed E-state index contributed by atoms with van der Waals surface area (Å²) in [6.45, 7) is 0. The summed E-state index contributed by atoms with van der Waals surface area (Å²) in [7, 11) is 0. The van der Waals surface area contributed by atoms with E-state index in [1.54, 1.807) is 0 Å². The molecule has 1 fully saturated rings. The van der Waals surface area contributed by atoms with E-state index in [-0.39, 0.29) is 0 Å². The van der Waals surface area contributed by atoms with E-state index in [2.05, 4.69) is 27.7 Å². The van der Waals surface area contributed by atoms with Crippen molar-refractivity contribution >= 4 is 17.3 Å². The van der Waals surface area contributed by atoms with Crippen molar-refractivity contribution in [3.8, 4) is 0 Å².